The first-order valence-corrected chi connectivity index (χ1v) is 4.78. The summed E-state index contributed by atoms with van der Waals surface area (Å²) in [6.07, 6.45) is 0.460. The van der Waals surface area contributed by atoms with Crippen LogP contribution in [0.25, 0.3) is 0 Å². The van der Waals surface area contributed by atoms with Crippen LogP contribution in [0.1, 0.15) is 6.42 Å². The van der Waals surface area contributed by atoms with Gasteiger partial charge >= 0.3 is 0 Å². The Balaban J connectivity index is 2.11. The number of amides is 1. The summed E-state index contributed by atoms with van der Waals surface area (Å²) < 4.78 is 5.14. The van der Waals surface area contributed by atoms with Crippen molar-refractivity contribution in [3.05, 3.63) is 0 Å². The van der Waals surface area contributed by atoms with E-state index in [1.165, 1.54) is 0 Å². The number of nitriles is 1. The summed E-state index contributed by atoms with van der Waals surface area (Å²) in [5.41, 5.74) is 0. The van der Waals surface area contributed by atoms with E-state index in [1.807, 2.05) is 6.07 Å². The highest BCUT2D eigenvalue weighted by Gasteiger charge is 2.15. The zero-order valence-corrected chi connectivity index (χ0v) is 8.16. The number of carbonyl (C=O) groups is 1. The lowest BCUT2D eigenvalue weighted by Crippen LogP contribution is -2.41. The minimum atomic E-state index is 0.138. The summed E-state index contributed by atoms with van der Waals surface area (Å²) in [4.78, 5) is 13.3. The molecule has 0 aromatic heterocycles. The molecule has 14 heavy (non-hydrogen) atoms. The van der Waals surface area contributed by atoms with E-state index in [2.05, 4.69) is 5.32 Å². The Hall–Kier alpha value is -1.12. The van der Waals surface area contributed by atoms with Crippen LogP contribution in [0.3, 0.4) is 0 Å². The second-order valence-electron chi connectivity index (χ2n) is 3.08. The molecule has 0 aromatic rings. The Morgan fingerprint density at radius 3 is 2.86 bits per heavy atom. The Bertz CT molecular complexity index is 219. The average Bonchev–Trinajstić information content (AvgIpc) is 2.25. The molecule has 5 nitrogen and oxygen atoms in total. The predicted molar refractivity (Wildman–Crippen MR) is 50.5 cm³/mol. The summed E-state index contributed by atoms with van der Waals surface area (Å²) in [6, 6.07) is 1.96. The van der Waals surface area contributed by atoms with Crippen LogP contribution < -0.4 is 5.32 Å². The van der Waals surface area contributed by atoms with Gasteiger partial charge in [0.15, 0.2) is 0 Å². The fourth-order valence-electron chi connectivity index (χ4n) is 1.31. The third kappa shape index (κ3) is 3.73. The normalized spacial score (nSPS) is 16.4. The molecule has 1 heterocycles. The van der Waals surface area contributed by atoms with Gasteiger partial charge in [-0.2, -0.15) is 5.26 Å². The van der Waals surface area contributed by atoms with Gasteiger partial charge in [0.2, 0.25) is 5.91 Å². The average molecular weight is 197 g/mol. The maximum atomic E-state index is 11.5. The summed E-state index contributed by atoms with van der Waals surface area (Å²) >= 11 is 0. The van der Waals surface area contributed by atoms with E-state index in [0.717, 1.165) is 0 Å². The van der Waals surface area contributed by atoms with Gasteiger partial charge in [0.25, 0.3) is 0 Å². The molecule has 0 saturated carbocycles. The minimum absolute atomic E-state index is 0.138. The van der Waals surface area contributed by atoms with Crippen LogP contribution in [-0.2, 0) is 9.53 Å². The van der Waals surface area contributed by atoms with Crippen molar-refractivity contribution in [2.75, 3.05) is 39.4 Å². The fraction of sp³-hybridized carbons (Fsp3) is 0.778. The summed E-state index contributed by atoms with van der Waals surface area (Å²) in [5.74, 6) is 0.138. The molecule has 0 spiro atoms. The molecule has 0 radical (unpaired) electrons. The van der Waals surface area contributed by atoms with Crippen LogP contribution in [0, 0.1) is 11.3 Å². The smallest absolute Gasteiger partial charge is 0.224 e. The van der Waals surface area contributed by atoms with E-state index >= 15 is 0 Å². The number of morpholine rings is 1. The van der Waals surface area contributed by atoms with Crippen LogP contribution in [0.5, 0.6) is 0 Å². The number of rotatable bonds is 4. The van der Waals surface area contributed by atoms with Gasteiger partial charge in [0.05, 0.1) is 25.8 Å². The standard InChI is InChI=1S/C9H15N3O2/c10-2-4-11-3-1-9(13)12-5-7-14-8-6-12/h11H,1,3-8H2. The second-order valence-corrected chi connectivity index (χ2v) is 3.08. The van der Waals surface area contributed by atoms with Crippen LogP contribution in [0.2, 0.25) is 0 Å². The largest absolute Gasteiger partial charge is 0.378 e. The summed E-state index contributed by atoms with van der Waals surface area (Å²) in [6.45, 7) is 3.53. The third-order valence-corrected chi connectivity index (χ3v) is 2.08. The fourth-order valence-corrected chi connectivity index (χ4v) is 1.31. The summed E-state index contributed by atoms with van der Waals surface area (Å²) in [7, 11) is 0. The molecule has 5 heteroatoms. The first-order chi connectivity index (χ1) is 6.84. The van der Waals surface area contributed by atoms with Crippen LogP contribution in [-0.4, -0.2) is 50.2 Å². The van der Waals surface area contributed by atoms with Crippen molar-refractivity contribution in [1.82, 2.24) is 10.2 Å². The molecule has 0 atom stereocenters. The summed E-state index contributed by atoms with van der Waals surface area (Å²) in [5, 5.41) is 11.1. The van der Waals surface area contributed by atoms with Gasteiger partial charge in [-0.3, -0.25) is 4.79 Å². The van der Waals surface area contributed by atoms with Crippen molar-refractivity contribution < 1.29 is 9.53 Å². The van der Waals surface area contributed by atoms with E-state index in [4.69, 9.17) is 10.00 Å². The van der Waals surface area contributed by atoms with Gasteiger partial charge in [0, 0.05) is 26.1 Å². The maximum absolute atomic E-state index is 11.5. The lowest BCUT2D eigenvalue weighted by atomic mass is 10.3. The highest BCUT2D eigenvalue weighted by Crippen LogP contribution is 1.99. The molecule has 1 fully saturated rings. The number of nitrogens with zero attached hydrogens (tertiary/aromatic N) is 2. The molecule has 78 valence electrons. The highest BCUT2D eigenvalue weighted by molar-refractivity contribution is 5.76. The zero-order chi connectivity index (χ0) is 10.2. The minimum Gasteiger partial charge on any atom is -0.378 e. The predicted octanol–water partition coefficient (Wildman–Crippen LogP) is -0.652. The van der Waals surface area contributed by atoms with E-state index in [-0.39, 0.29) is 5.91 Å². The van der Waals surface area contributed by atoms with Crippen molar-refractivity contribution in [1.29, 1.82) is 5.26 Å². The molecule has 0 bridgehead atoms. The van der Waals surface area contributed by atoms with E-state index < -0.39 is 0 Å². The lowest BCUT2D eigenvalue weighted by Gasteiger charge is -2.26. The molecule has 1 rings (SSSR count). The van der Waals surface area contributed by atoms with Crippen molar-refractivity contribution in [3.63, 3.8) is 0 Å². The van der Waals surface area contributed by atoms with Crippen molar-refractivity contribution in [2.24, 2.45) is 0 Å². The lowest BCUT2D eigenvalue weighted by molar-refractivity contribution is -0.135. The molecular weight excluding hydrogens is 182 g/mol. The van der Waals surface area contributed by atoms with E-state index in [0.29, 0.717) is 45.8 Å². The number of carbonyl (C=O) groups excluding carboxylic acids is 1. The maximum Gasteiger partial charge on any atom is 0.224 e. The van der Waals surface area contributed by atoms with Gasteiger partial charge in [-0.15, -0.1) is 0 Å². The monoisotopic (exact) mass is 197 g/mol. The van der Waals surface area contributed by atoms with Gasteiger partial charge < -0.3 is 15.0 Å². The molecule has 0 aromatic carbocycles. The molecule has 1 N–H and O–H groups in total. The first kappa shape index (κ1) is 11.0. The first-order valence-electron chi connectivity index (χ1n) is 4.78. The zero-order valence-electron chi connectivity index (χ0n) is 8.16. The second kappa shape index (κ2) is 6.35. The molecule has 0 aliphatic carbocycles. The molecule has 1 aliphatic heterocycles. The molecule has 1 amide bonds. The Morgan fingerprint density at radius 2 is 2.21 bits per heavy atom. The Kier molecular flexibility index (Phi) is 4.97. The van der Waals surface area contributed by atoms with E-state index in [9.17, 15) is 4.79 Å². The van der Waals surface area contributed by atoms with Gasteiger partial charge in [-0.1, -0.05) is 0 Å². The van der Waals surface area contributed by atoms with Crippen molar-refractivity contribution >= 4 is 5.91 Å². The van der Waals surface area contributed by atoms with Crippen LogP contribution in [0.15, 0.2) is 0 Å². The van der Waals surface area contributed by atoms with Gasteiger partial charge in [-0.05, 0) is 0 Å². The third-order valence-electron chi connectivity index (χ3n) is 2.08. The highest BCUT2D eigenvalue weighted by atomic mass is 16.5. The van der Waals surface area contributed by atoms with Crippen LogP contribution in [0.4, 0.5) is 0 Å². The van der Waals surface area contributed by atoms with E-state index in [1.54, 1.807) is 4.90 Å². The molecule has 0 unspecified atom stereocenters. The SMILES string of the molecule is N#CCNCCC(=O)N1CCOCC1. The van der Waals surface area contributed by atoms with Crippen molar-refractivity contribution in [2.45, 2.75) is 6.42 Å². The molecular formula is C9H15N3O2. The number of nitrogens with one attached hydrogen (secondary N) is 1. The molecule has 1 saturated heterocycles. The Morgan fingerprint density at radius 1 is 1.50 bits per heavy atom. The topological polar surface area (TPSA) is 65.4 Å². The van der Waals surface area contributed by atoms with Gasteiger partial charge in [0.1, 0.15) is 0 Å². The number of hydrogen-bond acceptors (Lipinski definition) is 4. The number of hydrogen-bond donors (Lipinski definition) is 1. The van der Waals surface area contributed by atoms with Crippen molar-refractivity contribution in [3.8, 4) is 6.07 Å². The molecule has 1 aliphatic rings. The van der Waals surface area contributed by atoms with Gasteiger partial charge in [-0.25, -0.2) is 0 Å². The quantitative estimate of drug-likeness (QED) is 0.480. The Labute approximate surface area is 83.6 Å². The van der Waals surface area contributed by atoms with Crippen LogP contribution >= 0.6 is 0 Å². The number of ether oxygens (including phenoxy) is 1.